The molecule has 152 valence electrons. The molecule has 0 aromatic carbocycles. The summed E-state index contributed by atoms with van der Waals surface area (Å²) < 4.78 is 68.4. The van der Waals surface area contributed by atoms with Crippen molar-refractivity contribution in [3.05, 3.63) is 46.4 Å². The Morgan fingerprint density at radius 1 is 1.25 bits per heavy atom. The van der Waals surface area contributed by atoms with Crippen molar-refractivity contribution in [2.75, 3.05) is 11.9 Å². The maximum atomic E-state index is 12.9. The Labute approximate surface area is 161 Å². The highest BCUT2D eigenvalue weighted by atomic mass is 35.5. The summed E-state index contributed by atoms with van der Waals surface area (Å²) in [6.45, 7) is -3.82. The molecule has 0 unspecified atom stereocenters. The van der Waals surface area contributed by atoms with Crippen LogP contribution in [-0.4, -0.2) is 28.3 Å². The number of halogens is 6. The lowest BCUT2D eigenvalue weighted by Gasteiger charge is -2.39. The molecular formula is C17H15ClF5N3O2. The largest absolute Gasteiger partial charge is 0.431 e. The number of aryl methyl sites for hydroxylation is 1. The molecule has 3 rings (SSSR count). The summed E-state index contributed by atoms with van der Waals surface area (Å²) in [6.07, 6.45) is -1.18. The van der Waals surface area contributed by atoms with Gasteiger partial charge >= 0.3 is 12.8 Å². The third-order valence-electron chi connectivity index (χ3n) is 4.55. The van der Waals surface area contributed by atoms with E-state index in [9.17, 15) is 27.1 Å². The van der Waals surface area contributed by atoms with Crippen molar-refractivity contribution in [3.63, 3.8) is 0 Å². The Morgan fingerprint density at radius 2 is 2.00 bits per heavy atom. The molecule has 2 heterocycles. The molecule has 11 heteroatoms. The fraction of sp³-hybridized carbons (Fsp3) is 0.412. The Hall–Kier alpha value is -2.20. The molecule has 1 atom stereocenters. The smallest absolute Gasteiger partial charge is 0.418 e. The van der Waals surface area contributed by atoms with Crippen molar-refractivity contribution in [2.45, 2.75) is 37.6 Å². The minimum atomic E-state index is -4.78. The van der Waals surface area contributed by atoms with Crippen LogP contribution in [0.4, 0.5) is 27.8 Å². The summed E-state index contributed by atoms with van der Waals surface area (Å²) in [4.78, 5) is 7.62. The average Bonchev–Trinajstić information content (AvgIpc) is 2.61. The van der Waals surface area contributed by atoms with Crippen molar-refractivity contribution >= 4 is 17.4 Å². The molecule has 0 aliphatic heterocycles. The zero-order chi connectivity index (χ0) is 20.5. The van der Waals surface area contributed by atoms with E-state index in [1.807, 2.05) is 0 Å². The molecule has 0 saturated carbocycles. The van der Waals surface area contributed by atoms with Crippen LogP contribution in [0.3, 0.4) is 0 Å². The van der Waals surface area contributed by atoms with Crippen molar-refractivity contribution in [1.82, 2.24) is 9.97 Å². The van der Waals surface area contributed by atoms with Crippen LogP contribution in [-0.2, 0) is 18.1 Å². The molecule has 2 N–H and O–H groups in total. The van der Waals surface area contributed by atoms with Crippen LogP contribution in [0.1, 0.15) is 29.5 Å². The van der Waals surface area contributed by atoms with Crippen LogP contribution in [0.5, 0.6) is 5.75 Å². The first-order chi connectivity index (χ1) is 13.1. The number of ether oxygens (including phenoxy) is 1. The zero-order valence-corrected chi connectivity index (χ0v) is 15.0. The summed E-state index contributed by atoms with van der Waals surface area (Å²) >= 11 is 5.90. The molecule has 0 amide bonds. The molecule has 2 aromatic heterocycles. The first kappa shape index (κ1) is 20.5. The van der Waals surface area contributed by atoms with Gasteiger partial charge in [-0.05, 0) is 37.0 Å². The number of rotatable bonds is 5. The van der Waals surface area contributed by atoms with Gasteiger partial charge in [0.2, 0.25) is 0 Å². The lowest BCUT2D eigenvalue weighted by molar-refractivity contribution is -0.138. The van der Waals surface area contributed by atoms with Gasteiger partial charge < -0.3 is 15.2 Å². The molecule has 0 fully saturated rings. The van der Waals surface area contributed by atoms with Gasteiger partial charge in [0.15, 0.2) is 11.6 Å². The number of nitrogens with one attached hydrogen (secondary N) is 1. The standard InChI is InChI=1S/C17H15ClF5N3O2/c18-13-4-9-2-1-3-16(8-27,11(9)7-24-13)26-14-12(28-15(19)20)5-10(6-25-14)17(21,22)23/h4-7,15,27H,1-3,8H2,(H,25,26)/t16-/m1/s1. The molecular weight excluding hydrogens is 409 g/mol. The highest BCUT2D eigenvalue weighted by Gasteiger charge is 2.39. The van der Waals surface area contributed by atoms with Crippen molar-refractivity contribution in [3.8, 4) is 5.75 Å². The first-order valence-electron chi connectivity index (χ1n) is 8.20. The third kappa shape index (κ3) is 4.12. The van der Waals surface area contributed by atoms with Crippen LogP contribution >= 0.6 is 11.6 Å². The molecule has 5 nitrogen and oxygen atoms in total. The van der Waals surface area contributed by atoms with E-state index in [-0.39, 0.29) is 11.0 Å². The van der Waals surface area contributed by atoms with E-state index in [0.29, 0.717) is 37.1 Å². The maximum Gasteiger partial charge on any atom is 0.418 e. The molecule has 0 radical (unpaired) electrons. The first-order valence-corrected chi connectivity index (χ1v) is 8.58. The summed E-state index contributed by atoms with van der Waals surface area (Å²) in [6, 6.07) is 2.06. The van der Waals surface area contributed by atoms with Gasteiger partial charge in [0.05, 0.1) is 17.7 Å². The van der Waals surface area contributed by atoms with E-state index < -0.39 is 36.2 Å². The van der Waals surface area contributed by atoms with Crippen LogP contribution < -0.4 is 10.1 Å². The highest BCUT2D eigenvalue weighted by Crippen LogP contribution is 2.41. The van der Waals surface area contributed by atoms with E-state index in [4.69, 9.17) is 11.6 Å². The van der Waals surface area contributed by atoms with Gasteiger partial charge in [-0.2, -0.15) is 22.0 Å². The Balaban J connectivity index is 2.04. The Bertz CT molecular complexity index is 865. The van der Waals surface area contributed by atoms with E-state index >= 15 is 0 Å². The number of anilines is 1. The van der Waals surface area contributed by atoms with Gasteiger partial charge in [0.1, 0.15) is 5.15 Å². The second kappa shape index (κ2) is 7.67. The number of aromatic nitrogens is 2. The number of nitrogens with zero attached hydrogens (tertiary/aromatic N) is 2. The normalized spacial score (nSPS) is 19.4. The predicted octanol–water partition coefficient (Wildman–Crippen LogP) is 4.39. The molecule has 0 bridgehead atoms. The lowest BCUT2D eigenvalue weighted by Crippen LogP contribution is -2.42. The Kier molecular flexibility index (Phi) is 5.62. The number of hydrogen-bond acceptors (Lipinski definition) is 5. The van der Waals surface area contributed by atoms with Crippen molar-refractivity contribution < 1.29 is 31.8 Å². The van der Waals surface area contributed by atoms with Crippen molar-refractivity contribution in [2.24, 2.45) is 0 Å². The SMILES string of the molecule is OC[C@]1(Nc2ncc(C(F)(F)F)cc2OC(F)F)CCCc2cc(Cl)ncc21. The Morgan fingerprint density at radius 3 is 2.64 bits per heavy atom. The predicted molar refractivity (Wildman–Crippen MR) is 90.4 cm³/mol. The van der Waals surface area contributed by atoms with Crippen molar-refractivity contribution in [1.29, 1.82) is 0 Å². The van der Waals surface area contributed by atoms with Gasteiger partial charge in [-0.15, -0.1) is 0 Å². The minimum Gasteiger partial charge on any atom is -0.431 e. The van der Waals surface area contributed by atoms with Gasteiger partial charge in [-0.25, -0.2) is 9.97 Å². The van der Waals surface area contributed by atoms with Gasteiger partial charge in [0.25, 0.3) is 0 Å². The third-order valence-corrected chi connectivity index (χ3v) is 4.75. The van der Waals surface area contributed by atoms with Gasteiger partial charge in [0, 0.05) is 18.0 Å². The number of aliphatic hydroxyl groups is 1. The molecule has 2 aromatic rings. The lowest BCUT2D eigenvalue weighted by atomic mass is 9.78. The molecule has 1 aliphatic carbocycles. The van der Waals surface area contributed by atoms with Gasteiger partial charge in [-0.3, -0.25) is 0 Å². The summed E-state index contributed by atoms with van der Waals surface area (Å²) in [7, 11) is 0. The average molecular weight is 424 g/mol. The van der Waals surface area contributed by atoms with E-state index in [0.717, 1.165) is 5.56 Å². The fourth-order valence-electron chi connectivity index (χ4n) is 3.26. The topological polar surface area (TPSA) is 67.3 Å². The van der Waals surface area contributed by atoms with Crippen LogP contribution in [0, 0.1) is 0 Å². The minimum absolute atomic E-state index is 0.252. The molecule has 1 aliphatic rings. The van der Waals surface area contributed by atoms with E-state index in [1.54, 1.807) is 6.07 Å². The number of fused-ring (bicyclic) bond motifs is 1. The second-order valence-corrected chi connectivity index (χ2v) is 6.72. The quantitative estimate of drug-likeness (QED) is 0.551. The van der Waals surface area contributed by atoms with E-state index in [1.165, 1.54) is 6.20 Å². The van der Waals surface area contributed by atoms with Gasteiger partial charge in [-0.1, -0.05) is 11.6 Å². The van der Waals surface area contributed by atoms with Crippen LogP contribution in [0.2, 0.25) is 5.15 Å². The fourth-order valence-corrected chi connectivity index (χ4v) is 3.44. The number of alkyl halides is 5. The molecule has 0 spiro atoms. The monoisotopic (exact) mass is 423 g/mol. The summed E-state index contributed by atoms with van der Waals surface area (Å²) in [5, 5.41) is 13.1. The summed E-state index contributed by atoms with van der Waals surface area (Å²) in [5.74, 6) is -1.11. The molecule has 28 heavy (non-hydrogen) atoms. The number of hydrogen-bond donors (Lipinski definition) is 2. The van der Waals surface area contributed by atoms with E-state index in [2.05, 4.69) is 20.0 Å². The maximum absolute atomic E-state index is 12.9. The second-order valence-electron chi connectivity index (χ2n) is 6.33. The highest BCUT2D eigenvalue weighted by molar-refractivity contribution is 6.29. The number of aliphatic hydroxyl groups excluding tert-OH is 1. The number of pyridine rings is 2. The zero-order valence-electron chi connectivity index (χ0n) is 14.2. The summed E-state index contributed by atoms with van der Waals surface area (Å²) in [5.41, 5.74) is -1.06. The molecule has 0 saturated heterocycles. The van der Waals surface area contributed by atoms with Crippen LogP contribution in [0.25, 0.3) is 0 Å². The van der Waals surface area contributed by atoms with Crippen LogP contribution in [0.15, 0.2) is 24.5 Å².